The van der Waals surface area contributed by atoms with Gasteiger partial charge >= 0.3 is 6.03 Å². The Bertz CT molecular complexity index is 502. The molecule has 1 saturated heterocycles. The van der Waals surface area contributed by atoms with Gasteiger partial charge in [0.15, 0.2) is 5.82 Å². The molecule has 7 nitrogen and oxygen atoms in total. The maximum Gasteiger partial charge on any atom is 0.317 e. The van der Waals surface area contributed by atoms with Crippen molar-refractivity contribution in [1.29, 1.82) is 0 Å². The second-order valence-electron chi connectivity index (χ2n) is 6.79. The van der Waals surface area contributed by atoms with Crippen LogP contribution in [-0.2, 0) is 13.0 Å². The molecular formula is C16H29N5O2. The highest BCUT2D eigenvalue weighted by Gasteiger charge is 2.24. The third kappa shape index (κ3) is 5.49. The Labute approximate surface area is 138 Å². The fraction of sp³-hybridized carbons (Fsp3) is 0.812. The molecule has 2 heterocycles. The van der Waals surface area contributed by atoms with Gasteiger partial charge < -0.3 is 19.6 Å². The Morgan fingerprint density at radius 3 is 3.00 bits per heavy atom. The van der Waals surface area contributed by atoms with Gasteiger partial charge in [-0.05, 0) is 25.3 Å². The molecule has 1 N–H and O–H groups in total. The first-order valence-electron chi connectivity index (χ1n) is 8.53. The molecule has 0 bridgehead atoms. The Kier molecular flexibility index (Phi) is 6.38. The molecule has 2 rings (SSSR count). The van der Waals surface area contributed by atoms with E-state index in [0.29, 0.717) is 24.2 Å². The summed E-state index contributed by atoms with van der Waals surface area (Å²) in [6.45, 7) is 9.85. The van der Waals surface area contributed by atoms with Crippen LogP contribution in [0.3, 0.4) is 0 Å². The van der Waals surface area contributed by atoms with Gasteiger partial charge in [-0.1, -0.05) is 25.9 Å². The molecule has 0 spiro atoms. The molecule has 0 aliphatic carbocycles. The summed E-state index contributed by atoms with van der Waals surface area (Å²) in [5.41, 5.74) is 0. The van der Waals surface area contributed by atoms with E-state index in [1.807, 2.05) is 0 Å². The third-order valence-electron chi connectivity index (χ3n) is 3.96. The third-order valence-corrected chi connectivity index (χ3v) is 3.96. The predicted molar refractivity (Wildman–Crippen MR) is 88.0 cm³/mol. The van der Waals surface area contributed by atoms with Gasteiger partial charge in [0.1, 0.15) is 0 Å². The maximum absolute atomic E-state index is 12.3. The van der Waals surface area contributed by atoms with Gasteiger partial charge in [-0.3, -0.25) is 0 Å². The zero-order valence-electron chi connectivity index (χ0n) is 14.7. The van der Waals surface area contributed by atoms with E-state index in [9.17, 15) is 4.79 Å². The maximum atomic E-state index is 12.3. The lowest BCUT2D eigenvalue weighted by Crippen LogP contribution is -2.44. The number of nitrogens with zero attached hydrogens (tertiary/aromatic N) is 4. The second-order valence-corrected chi connectivity index (χ2v) is 6.79. The van der Waals surface area contributed by atoms with E-state index < -0.39 is 0 Å². The van der Waals surface area contributed by atoms with E-state index in [1.165, 1.54) is 0 Å². The SMILES string of the molecule is CCCN1CC[C@H](NC(=O)N(C)Cc2noc(CC(C)C)n2)C1. The lowest BCUT2D eigenvalue weighted by atomic mass is 10.1. The largest absolute Gasteiger partial charge is 0.339 e. The van der Waals surface area contributed by atoms with Gasteiger partial charge in [0.2, 0.25) is 5.89 Å². The standard InChI is InChI=1S/C16H29N5O2/c1-5-7-21-8-6-13(10-21)17-16(22)20(4)11-14-18-15(23-19-14)9-12(2)3/h12-13H,5-11H2,1-4H3,(H,17,22)/t13-/m0/s1. The number of aromatic nitrogens is 2. The van der Waals surface area contributed by atoms with E-state index in [4.69, 9.17) is 4.52 Å². The first-order valence-corrected chi connectivity index (χ1v) is 8.53. The summed E-state index contributed by atoms with van der Waals surface area (Å²) in [6, 6.07) is 0.154. The molecule has 1 aliphatic heterocycles. The van der Waals surface area contributed by atoms with Crippen LogP contribution in [0.25, 0.3) is 0 Å². The molecule has 0 saturated carbocycles. The molecule has 130 valence electrons. The van der Waals surface area contributed by atoms with Crippen molar-refractivity contribution in [3.8, 4) is 0 Å². The van der Waals surface area contributed by atoms with Gasteiger partial charge in [0, 0.05) is 32.6 Å². The quantitative estimate of drug-likeness (QED) is 0.829. The summed E-state index contributed by atoms with van der Waals surface area (Å²) < 4.78 is 5.20. The minimum absolute atomic E-state index is 0.0800. The van der Waals surface area contributed by atoms with Gasteiger partial charge in [-0.15, -0.1) is 0 Å². The van der Waals surface area contributed by atoms with Gasteiger partial charge in [-0.25, -0.2) is 4.79 Å². The number of hydrogen-bond donors (Lipinski definition) is 1. The van der Waals surface area contributed by atoms with Crippen LogP contribution in [-0.4, -0.2) is 58.7 Å². The smallest absolute Gasteiger partial charge is 0.317 e. The average Bonchev–Trinajstić information content (AvgIpc) is 3.08. The Morgan fingerprint density at radius 2 is 2.30 bits per heavy atom. The van der Waals surface area contributed by atoms with E-state index in [0.717, 1.165) is 38.9 Å². The Balaban J connectivity index is 1.77. The highest BCUT2D eigenvalue weighted by atomic mass is 16.5. The van der Waals surface area contributed by atoms with E-state index in [2.05, 4.69) is 41.1 Å². The fourth-order valence-electron chi connectivity index (χ4n) is 2.83. The molecule has 1 aromatic rings. The summed E-state index contributed by atoms with van der Waals surface area (Å²) in [6.07, 6.45) is 2.93. The summed E-state index contributed by atoms with van der Waals surface area (Å²) in [4.78, 5) is 20.6. The minimum Gasteiger partial charge on any atom is -0.339 e. The molecule has 1 aliphatic rings. The number of carbonyl (C=O) groups excluding carboxylic acids is 1. The number of amides is 2. The minimum atomic E-state index is -0.0800. The van der Waals surface area contributed by atoms with E-state index in [-0.39, 0.29) is 12.1 Å². The molecule has 0 radical (unpaired) electrons. The van der Waals surface area contributed by atoms with Crippen molar-refractivity contribution >= 4 is 6.03 Å². The molecule has 1 atom stereocenters. The van der Waals surface area contributed by atoms with Crippen LogP contribution < -0.4 is 5.32 Å². The van der Waals surface area contributed by atoms with Crippen LogP contribution >= 0.6 is 0 Å². The zero-order chi connectivity index (χ0) is 16.8. The number of rotatable bonds is 7. The summed E-state index contributed by atoms with van der Waals surface area (Å²) in [5, 5.41) is 7.03. The first-order chi connectivity index (χ1) is 11.0. The fourth-order valence-corrected chi connectivity index (χ4v) is 2.83. The van der Waals surface area contributed by atoms with Crippen molar-refractivity contribution in [3.63, 3.8) is 0 Å². The molecule has 2 amide bonds. The van der Waals surface area contributed by atoms with E-state index in [1.54, 1.807) is 11.9 Å². The molecule has 23 heavy (non-hydrogen) atoms. The number of urea groups is 1. The molecular weight excluding hydrogens is 294 g/mol. The van der Waals surface area contributed by atoms with Crippen molar-refractivity contribution in [3.05, 3.63) is 11.7 Å². The summed E-state index contributed by atoms with van der Waals surface area (Å²) in [5.74, 6) is 1.66. The summed E-state index contributed by atoms with van der Waals surface area (Å²) >= 11 is 0. The normalized spacial score (nSPS) is 18.6. The van der Waals surface area contributed by atoms with Gasteiger partial charge in [0.05, 0.1) is 6.54 Å². The van der Waals surface area contributed by atoms with Crippen LogP contribution in [0.1, 0.15) is 45.3 Å². The Hall–Kier alpha value is -1.63. The zero-order valence-corrected chi connectivity index (χ0v) is 14.7. The molecule has 7 heteroatoms. The first kappa shape index (κ1) is 17.7. The number of hydrogen-bond acceptors (Lipinski definition) is 5. The highest BCUT2D eigenvalue weighted by Crippen LogP contribution is 2.10. The average molecular weight is 323 g/mol. The van der Waals surface area contributed by atoms with Crippen LogP contribution in [0.2, 0.25) is 0 Å². The molecule has 1 aromatic heterocycles. The second kappa shape index (κ2) is 8.29. The van der Waals surface area contributed by atoms with Crippen LogP contribution in [0, 0.1) is 5.92 Å². The Morgan fingerprint density at radius 1 is 1.52 bits per heavy atom. The van der Waals surface area contributed by atoms with Crippen LogP contribution in [0.4, 0.5) is 4.79 Å². The van der Waals surface area contributed by atoms with Gasteiger partial charge in [-0.2, -0.15) is 4.98 Å². The number of carbonyl (C=O) groups is 1. The lowest BCUT2D eigenvalue weighted by molar-refractivity contribution is 0.200. The molecule has 0 aromatic carbocycles. The number of likely N-dealkylation sites (tertiary alicyclic amines) is 1. The predicted octanol–water partition coefficient (Wildman–Crippen LogP) is 1.89. The van der Waals surface area contributed by atoms with Crippen molar-refractivity contribution in [1.82, 2.24) is 25.3 Å². The number of nitrogens with one attached hydrogen (secondary N) is 1. The lowest BCUT2D eigenvalue weighted by Gasteiger charge is -2.20. The van der Waals surface area contributed by atoms with Crippen LogP contribution in [0.5, 0.6) is 0 Å². The molecule has 1 fully saturated rings. The van der Waals surface area contributed by atoms with Crippen molar-refractivity contribution in [2.24, 2.45) is 5.92 Å². The highest BCUT2D eigenvalue weighted by molar-refractivity contribution is 5.74. The van der Waals surface area contributed by atoms with Crippen molar-refractivity contribution in [2.45, 2.75) is 52.6 Å². The molecule has 0 unspecified atom stereocenters. The van der Waals surface area contributed by atoms with Gasteiger partial charge in [0.25, 0.3) is 0 Å². The summed E-state index contributed by atoms with van der Waals surface area (Å²) in [7, 11) is 1.76. The topological polar surface area (TPSA) is 74.5 Å². The van der Waals surface area contributed by atoms with Crippen molar-refractivity contribution in [2.75, 3.05) is 26.7 Å². The van der Waals surface area contributed by atoms with Crippen LogP contribution in [0.15, 0.2) is 4.52 Å². The van der Waals surface area contributed by atoms with E-state index >= 15 is 0 Å². The van der Waals surface area contributed by atoms with Crippen molar-refractivity contribution < 1.29 is 9.32 Å². The monoisotopic (exact) mass is 323 g/mol.